The molecule has 0 saturated heterocycles. The van der Waals surface area contributed by atoms with Gasteiger partial charge >= 0.3 is 16.5 Å². The van der Waals surface area contributed by atoms with Crippen LogP contribution >= 0.6 is 186 Å². The molecule has 5 heterocycles. The van der Waals surface area contributed by atoms with Gasteiger partial charge in [0, 0.05) is 66.4 Å². The average molecular weight is 1120 g/mol. The summed E-state index contributed by atoms with van der Waals surface area (Å²) >= 11 is 107. The molecule has 0 radical (unpaired) electrons. The molecule has 3 aromatic heterocycles. The Labute approximate surface area is 407 Å². The molecular formula is C32Cl16N8Ni. The molecule has 8 bridgehead atoms. The zero-order valence-corrected chi connectivity index (χ0v) is 39.0. The number of nitrogens with zero attached hydrogens (tertiary/aromatic N) is 8. The molecule has 8 nitrogen and oxygen atoms in total. The minimum atomic E-state index is -0.109. The van der Waals surface area contributed by atoms with Crippen molar-refractivity contribution in [2.45, 2.75) is 0 Å². The van der Waals surface area contributed by atoms with Gasteiger partial charge < -0.3 is 29.9 Å². The van der Waals surface area contributed by atoms with E-state index < -0.39 is 0 Å². The van der Waals surface area contributed by atoms with Crippen molar-refractivity contribution in [3.63, 3.8) is 0 Å². The molecule has 0 aliphatic carbocycles. The van der Waals surface area contributed by atoms with Gasteiger partial charge in [0.05, 0.1) is 104 Å². The summed E-state index contributed by atoms with van der Waals surface area (Å²) in [5.74, 6) is -0.437. The molecule has 2 aliphatic rings. The normalized spacial score (nSPS) is 12.1. The first-order valence-corrected chi connectivity index (χ1v) is 20.6. The van der Waals surface area contributed by atoms with Crippen LogP contribution in [0.1, 0.15) is 0 Å². The van der Waals surface area contributed by atoms with E-state index in [1.54, 1.807) is 0 Å². The van der Waals surface area contributed by atoms with E-state index in [-0.39, 0.29) is 187 Å². The number of aromatic nitrogens is 8. The zero-order valence-electron chi connectivity index (χ0n) is 25.9. The average Bonchev–Trinajstić information content (AvgIpc) is 3.92. The van der Waals surface area contributed by atoms with Gasteiger partial charge in [-0.3, -0.25) is 0 Å². The quantitative estimate of drug-likeness (QED) is 0.0840. The molecule has 25 heteroatoms. The minimum Gasteiger partial charge on any atom is -0.357 e. The first-order chi connectivity index (χ1) is 26.4. The summed E-state index contributed by atoms with van der Waals surface area (Å²) in [5, 5.41) is -1.06. The van der Waals surface area contributed by atoms with E-state index in [0.717, 1.165) is 0 Å². The van der Waals surface area contributed by atoms with Crippen LogP contribution in [0.25, 0.3) is 89.7 Å². The predicted molar refractivity (Wildman–Crippen MR) is 234 cm³/mol. The molecule has 57 heavy (non-hydrogen) atoms. The van der Waals surface area contributed by atoms with Crippen LogP contribution in [0.15, 0.2) is 0 Å². The number of halogens is 16. The molecule has 0 fully saturated rings. The van der Waals surface area contributed by atoms with Gasteiger partial charge in [-0.05, 0) is 0 Å². The van der Waals surface area contributed by atoms with Crippen LogP contribution in [0.2, 0.25) is 80.4 Å². The number of hydrogen-bond donors (Lipinski definition) is 0. The van der Waals surface area contributed by atoms with E-state index in [0.29, 0.717) is 0 Å². The molecule has 0 spiro atoms. The maximum Gasteiger partial charge on any atom is 2.00 e. The third-order valence-corrected chi connectivity index (χ3v) is 15.8. The fraction of sp³-hybridized carbons (Fsp3) is 0. The van der Waals surface area contributed by atoms with E-state index in [1.807, 2.05) is 0 Å². The summed E-state index contributed by atoms with van der Waals surface area (Å²) in [4.78, 5) is 37.7. The van der Waals surface area contributed by atoms with Crippen LogP contribution in [-0.4, -0.2) is 29.9 Å². The predicted octanol–water partition coefficient (Wildman–Crippen LogP) is 16.6. The first kappa shape index (κ1) is 43.0. The number of hydrogen-bond acceptors (Lipinski definition) is 6. The Kier molecular flexibility index (Phi) is 11.6. The molecule has 7 aromatic rings. The summed E-state index contributed by atoms with van der Waals surface area (Å²) in [6.07, 6.45) is 0. The Morgan fingerprint density at radius 2 is 0.404 bits per heavy atom. The Morgan fingerprint density at radius 1 is 0.228 bits per heavy atom. The monoisotopic (exact) mass is 1110 g/mol. The second-order valence-electron chi connectivity index (χ2n) is 11.5. The zero-order chi connectivity index (χ0) is 40.1. The Bertz CT molecular complexity index is 2820. The number of benzene rings is 4. The van der Waals surface area contributed by atoms with Crippen molar-refractivity contribution < 1.29 is 16.5 Å². The molecule has 0 amide bonds. The van der Waals surface area contributed by atoms with Gasteiger partial charge in [0.15, 0.2) is 0 Å². The second kappa shape index (κ2) is 15.3. The smallest absolute Gasteiger partial charge is 0.357 e. The fourth-order valence-electron chi connectivity index (χ4n) is 6.10. The largest absolute Gasteiger partial charge is 2.00 e. The van der Waals surface area contributed by atoms with E-state index >= 15 is 0 Å². The van der Waals surface area contributed by atoms with Crippen molar-refractivity contribution in [2.75, 3.05) is 0 Å². The standard InChI is InChI=1S/C32Cl16N8.Ni/c33-9-1-2(10(34)18(42)17(9)41)26-49-25(1)53-27-3-4(12(36)20(44)19(43)11(3)35)29(50-27)55-31-7-8(16(40)24(48)23(47)15(7)39)32(52-31)56-30-6-5(28(51-30)54-26)13(37)21(45)22(46)14(6)38;/q-2;+2. The minimum absolute atomic E-state index is 0. The summed E-state index contributed by atoms with van der Waals surface area (Å²) in [5.41, 5.74) is -0.000693. The maximum atomic E-state index is 6.82. The molecule has 0 unspecified atom stereocenters. The van der Waals surface area contributed by atoms with Crippen LogP contribution in [0.3, 0.4) is 0 Å². The first-order valence-electron chi connectivity index (χ1n) is 14.6. The number of rotatable bonds is 0. The summed E-state index contributed by atoms with van der Waals surface area (Å²) in [6, 6.07) is 0. The molecule has 2 aliphatic heterocycles. The van der Waals surface area contributed by atoms with Gasteiger partial charge in [-0.2, -0.15) is 0 Å². The van der Waals surface area contributed by atoms with Crippen molar-refractivity contribution in [1.29, 1.82) is 0 Å². The van der Waals surface area contributed by atoms with E-state index in [4.69, 9.17) is 206 Å². The van der Waals surface area contributed by atoms with E-state index in [9.17, 15) is 0 Å². The van der Waals surface area contributed by atoms with Gasteiger partial charge in [0.1, 0.15) is 0 Å². The van der Waals surface area contributed by atoms with Crippen LogP contribution in [0.4, 0.5) is 0 Å². The molecule has 0 N–H and O–H groups in total. The van der Waals surface area contributed by atoms with Gasteiger partial charge in [-0.25, -0.2) is 9.97 Å². The van der Waals surface area contributed by atoms with Crippen molar-refractivity contribution >= 4 is 230 Å². The third kappa shape index (κ3) is 6.21. The van der Waals surface area contributed by atoms with Crippen LogP contribution in [-0.2, 0) is 16.5 Å². The number of fused-ring (bicyclic) bond motifs is 20. The van der Waals surface area contributed by atoms with Crippen molar-refractivity contribution in [2.24, 2.45) is 0 Å². The fourth-order valence-corrected chi connectivity index (χ4v) is 10.2. The van der Waals surface area contributed by atoms with Gasteiger partial charge in [0.2, 0.25) is 0 Å². The Morgan fingerprint density at radius 3 is 0.596 bits per heavy atom. The summed E-state index contributed by atoms with van der Waals surface area (Å²) in [6.45, 7) is 0. The topological polar surface area (TPSA) is 106 Å². The molecule has 9 rings (SSSR count). The van der Waals surface area contributed by atoms with Gasteiger partial charge in [0.25, 0.3) is 0 Å². The van der Waals surface area contributed by atoms with E-state index in [1.165, 1.54) is 0 Å². The molecule has 4 aromatic carbocycles. The molecule has 290 valence electrons. The molecule has 0 saturated carbocycles. The Hall–Kier alpha value is -0.626. The van der Waals surface area contributed by atoms with Crippen LogP contribution in [0, 0.1) is 0 Å². The van der Waals surface area contributed by atoms with Crippen molar-refractivity contribution in [3.05, 3.63) is 80.4 Å². The molecule has 0 atom stereocenters. The Balaban J connectivity index is 0.00000455. The van der Waals surface area contributed by atoms with Gasteiger partial charge in [-0.15, -0.1) is 0 Å². The van der Waals surface area contributed by atoms with Crippen molar-refractivity contribution in [3.8, 4) is 45.6 Å². The second-order valence-corrected chi connectivity index (χ2v) is 17.6. The van der Waals surface area contributed by atoms with E-state index in [2.05, 4.69) is 19.9 Å². The van der Waals surface area contributed by atoms with Crippen LogP contribution in [0.5, 0.6) is 0 Å². The van der Waals surface area contributed by atoms with Crippen LogP contribution < -0.4 is 9.97 Å². The molecular weight excluding hydrogens is 1120 g/mol. The van der Waals surface area contributed by atoms with Crippen molar-refractivity contribution in [1.82, 2.24) is 39.9 Å². The summed E-state index contributed by atoms with van der Waals surface area (Å²) < 4.78 is 0. The SMILES string of the molecule is Clc1c(Cl)c(Cl)c2c(c1Cl)-c1nc-2nc2[n-]c(nc3nc(nc4[n-]c(n1)c1c(Cl)c(Cl)c(Cl)c(Cl)c41)-c1c(Cl)c(Cl)c(Cl)c(Cl)c1-3)c1c(Cl)c(Cl)c(Cl)c(Cl)c21.[Ni+2]. The van der Waals surface area contributed by atoms with Gasteiger partial charge in [-0.1, -0.05) is 186 Å². The maximum absolute atomic E-state index is 6.82. The third-order valence-electron chi connectivity index (χ3n) is 8.55. The summed E-state index contributed by atoms with van der Waals surface area (Å²) in [7, 11) is 0.